The largest absolute Gasteiger partial charge is 0.467 e. The molecule has 0 fully saturated rings. The zero-order valence-electron chi connectivity index (χ0n) is 14.0. The van der Waals surface area contributed by atoms with Crippen molar-refractivity contribution in [2.75, 3.05) is 7.11 Å². The predicted molar refractivity (Wildman–Crippen MR) is 88.9 cm³/mol. The van der Waals surface area contributed by atoms with Gasteiger partial charge in [0.15, 0.2) is 0 Å². The van der Waals surface area contributed by atoms with Crippen LogP contribution in [-0.2, 0) is 20.9 Å². The van der Waals surface area contributed by atoms with Gasteiger partial charge < -0.3 is 14.8 Å². The molecule has 0 aliphatic heterocycles. The third-order valence-corrected chi connectivity index (χ3v) is 3.59. The molecule has 0 radical (unpaired) electrons. The number of ether oxygens (including phenoxy) is 2. The molecular formula is C18H27NO4. The van der Waals surface area contributed by atoms with E-state index in [1.807, 2.05) is 30.3 Å². The third-order valence-electron chi connectivity index (χ3n) is 3.59. The number of alkyl carbamates (subject to hydrolysis) is 1. The Hall–Kier alpha value is -2.04. The molecule has 1 aromatic carbocycles. The second kappa shape index (κ2) is 11.5. The highest BCUT2D eigenvalue weighted by molar-refractivity contribution is 5.81. The van der Waals surface area contributed by atoms with Crippen molar-refractivity contribution >= 4 is 12.1 Å². The molecule has 5 nitrogen and oxygen atoms in total. The zero-order chi connectivity index (χ0) is 16.9. The Balaban J connectivity index is 2.36. The molecule has 0 unspecified atom stereocenters. The number of benzene rings is 1. The highest BCUT2D eigenvalue weighted by Gasteiger charge is 2.21. The van der Waals surface area contributed by atoms with Gasteiger partial charge in [-0.1, -0.05) is 69.4 Å². The van der Waals surface area contributed by atoms with Crippen LogP contribution in [0.15, 0.2) is 30.3 Å². The molecule has 1 rings (SSSR count). The molecule has 0 saturated heterocycles. The molecule has 23 heavy (non-hydrogen) atoms. The van der Waals surface area contributed by atoms with Crippen molar-refractivity contribution < 1.29 is 19.1 Å². The summed E-state index contributed by atoms with van der Waals surface area (Å²) >= 11 is 0. The van der Waals surface area contributed by atoms with Crippen LogP contribution in [0.3, 0.4) is 0 Å². The molecule has 1 aromatic rings. The van der Waals surface area contributed by atoms with E-state index in [9.17, 15) is 9.59 Å². The number of methoxy groups -OCH3 is 1. The predicted octanol–water partition coefficient (Wildman–Crippen LogP) is 3.81. The summed E-state index contributed by atoms with van der Waals surface area (Å²) in [5.74, 6) is -0.433. The monoisotopic (exact) mass is 321 g/mol. The Morgan fingerprint density at radius 3 is 2.43 bits per heavy atom. The van der Waals surface area contributed by atoms with Crippen molar-refractivity contribution in [2.45, 2.75) is 58.1 Å². The summed E-state index contributed by atoms with van der Waals surface area (Å²) in [6.45, 7) is 2.33. The molecule has 0 aromatic heterocycles. The van der Waals surface area contributed by atoms with Crippen LogP contribution in [0.1, 0.15) is 51.0 Å². The minimum atomic E-state index is -0.648. The van der Waals surface area contributed by atoms with Crippen molar-refractivity contribution in [1.29, 1.82) is 0 Å². The molecular weight excluding hydrogens is 294 g/mol. The lowest BCUT2D eigenvalue weighted by Crippen LogP contribution is -2.41. The molecule has 0 aliphatic carbocycles. The first-order valence-corrected chi connectivity index (χ1v) is 8.22. The lowest BCUT2D eigenvalue weighted by Gasteiger charge is -2.16. The van der Waals surface area contributed by atoms with Gasteiger partial charge in [0.05, 0.1) is 7.11 Å². The highest BCUT2D eigenvalue weighted by atomic mass is 16.6. The normalized spacial score (nSPS) is 11.6. The number of hydrogen-bond acceptors (Lipinski definition) is 4. The summed E-state index contributed by atoms with van der Waals surface area (Å²) < 4.78 is 9.89. The Labute approximate surface area is 138 Å². The molecule has 0 saturated carbocycles. The summed E-state index contributed by atoms with van der Waals surface area (Å²) in [6, 6.07) is 8.76. The van der Waals surface area contributed by atoms with E-state index in [1.54, 1.807) is 0 Å². The average molecular weight is 321 g/mol. The minimum Gasteiger partial charge on any atom is -0.467 e. The van der Waals surface area contributed by atoms with Gasteiger partial charge in [-0.25, -0.2) is 9.59 Å². The maximum atomic E-state index is 11.8. The van der Waals surface area contributed by atoms with E-state index in [2.05, 4.69) is 12.2 Å². The molecule has 1 N–H and O–H groups in total. The van der Waals surface area contributed by atoms with E-state index in [0.717, 1.165) is 24.8 Å². The number of esters is 1. The summed E-state index contributed by atoms with van der Waals surface area (Å²) in [5.41, 5.74) is 0.900. The fraction of sp³-hybridized carbons (Fsp3) is 0.556. The fourth-order valence-electron chi connectivity index (χ4n) is 2.25. The lowest BCUT2D eigenvalue weighted by molar-refractivity contribution is -0.143. The topological polar surface area (TPSA) is 64.6 Å². The number of amides is 1. The molecule has 1 atom stereocenters. The number of unbranched alkanes of at least 4 members (excludes halogenated alkanes) is 4. The standard InChI is InChI=1S/C18H27NO4/c1-3-4-5-6-10-13-16(17(20)22-2)19-18(21)23-14-15-11-8-7-9-12-15/h7-9,11-12,16H,3-6,10,13-14H2,1-2H3,(H,19,21)/t16-/m1/s1. The van der Waals surface area contributed by atoms with E-state index in [0.29, 0.717) is 6.42 Å². The SMILES string of the molecule is CCCCCCC[C@@H](NC(=O)OCc1ccccc1)C(=O)OC. The first-order chi connectivity index (χ1) is 11.2. The van der Waals surface area contributed by atoms with Crippen LogP contribution in [0.2, 0.25) is 0 Å². The molecule has 128 valence electrons. The van der Waals surface area contributed by atoms with E-state index < -0.39 is 18.1 Å². The van der Waals surface area contributed by atoms with Crippen LogP contribution in [0, 0.1) is 0 Å². The molecule has 0 bridgehead atoms. The lowest BCUT2D eigenvalue weighted by atomic mass is 10.1. The van der Waals surface area contributed by atoms with E-state index in [-0.39, 0.29) is 6.61 Å². The Morgan fingerprint density at radius 1 is 1.09 bits per heavy atom. The van der Waals surface area contributed by atoms with Crippen LogP contribution in [0.5, 0.6) is 0 Å². The second-order valence-corrected chi connectivity index (χ2v) is 5.48. The molecule has 0 spiro atoms. The van der Waals surface area contributed by atoms with E-state index in [1.165, 1.54) is 20.0 Å². The number of nitrogens with one attached hydrogen (secondary N) is 1. The third kappa shape index (κ3) is 8.24. The quantitative estimate of drug-likeness (QED) is 0.525. The van der Waals surface area contributed by atoms with Gasteiger partial charge in [0.2, 0.25) is 0 Å². The fourth-order valence-corrected chi connectivity index (χ4v) is 2.25. The summed E-state index contributed by atoms with van der Waals surface area (Å²) in [7, 11) is 1.32. The first-order valence-electron chi connectivity index (χ1n) is 8.22. The van der Waals surface area contributed by atoms with Gasteiger partial charge in [-0.05, 0) is 12.0 Å². The van der Waals surface area contributed by atoms with Crippen LogP contribution in [0.4, 0.5) is 4.79 Å². The Morgan fingerprint density at radius 2 is 1.78 bits per heavy atom. The van der Waals surface area contributed by atoms with Gasteiger partial charge in [0.25, 0.3) is 0 Å². The number of carbonyl (C=O) groups excluding carboxylic acids is 2. The van der Waals surface area contributed by atoms with E-state index >= 15 is 0 Å². The molecule has 5 heteroatoms. The van der Waals surface area contributed by atoms with Crippen molar-refractivity contribution in [3.05, 3.63) is 35.9 Å². The smallest absolute Gasteiger partial charge is 0.408 e. The molecule has 1 amide bonds. The van der Waals surface area contributed by atoms with Crippen molar-refractivity contribution in [3.63, 3.8) is 0 Å². The summed E-state index contributed by atoms with van der Waals surface area (Å²) in [6.07, 6.45) is 5.39. The Bertz CT molecular complexity index is 461. The Kier molecular flexibility index (Phi) is 9.52. The van der Waals surface area contributed by atoms with Crippen molar-refractivity contribution in [1.82, 2.24) is 5.32 Å². The minimum absolute atomic E-state index is 0.178. The van der Waals surface area contributed by atoms with Gasteiger partial charge in [-0.2, -0.15) is 0 Å². The second-order valence-electron chi connectivity index (χ2n) is 5.48. The number of rotatable bonds is 10. The van der Waals surface area contributed by atoms with Gasteiger partial charge in [0, 0.05) is 0 Å². The van der Waals surface area contributed by atoms with Crippen LogP contribution >= 0.6 is 0 Å². The number of carbonyl (C=O) groups is 2. The van der Waals surface area contributed by atoms with E-state index in [4.69, 9.17) is 9.47 Å². The maximum Gasteiger partial charge on any atom is 0.408 e. The number of hydrogen-bond donors (Lipinski definition) is 1. The summed E-state index contributed by atoms with van der Waals surface area (Å²) in [4.78, 5) is 23.6. The summed E-state index contributed by atoms with van der Waals surface area (Å²) in [5, 5.41) is 2.59. The molecule has 0 heterocycles. The van der Waals surface area contributed by atoms with Crippen LogP contribution < -0.4 is 5.32 Å². The van der Waals surface area contributed by atoms with Gasteiger partial charge in [-0.15, -0.1) is 0 Å². The first kappa shape index (κ1) is 19.0. The molecule has 0 aliphatic rings. The van der Waals surface area contributed by atoms with Gasteiger partial charge >= 0.3 is 12.1 Å². The van der Waals surface area contributed by atoms with Gasteiger partial charge in [0.1, 0.15) is 12.6 Å². The van der Waals surface area contributed by atoms with Crippen LogP contribution in [0.25, 0.3) is 0 Å². The average Bonchev–Trinajstić information content (AvgIpc) is 2.59. The van der Waals surface area contributed by atoms with Crippen molar-refractivity contribution in [2.24, 2.45) is 0 Å². The van der Waals surface area contributed by atoms with Crippen molar-refractivity contribution in [3.8, 4) is 0 Å². The zero-order valence-corrected chi connectivity index (χ0v) is 14.0. The van der Waals surface area contributed by atoms with Crippen LogP contribution in [-0.4, -0.2) is 25.2 Å². The maximum absolute atomic E-state index is 11.8. The highest BCUT2D eigenvalue weighted by Crippen LogP contribution is 2.09. The van der Waals surface area contributed by atoms with Gasteiger partial charge in [-0.3, -0.25) is 0 Å².